The van der Waals surface area contributed by atoms with Gasteiger partial charge in [0.05, 0.1) is 0 Å². The molecule has 58 valence electrons. The fourth-order valence-electron chi connectivity index (χ4n) is 0.422. The van der Waals surface area contributed by atoms with Crippen LogP contribution in [0.15, 0.2) is 48.8 Å². The molecular weight excluding hydrogens is 140 g/mol. The van der Waals surface area contributed by atoms with Crippen LogP contribution in [0.5, 0.6) is 0 Å². The Morgan fingerprint density at radius 3 is 2.27 bits per heavy atom. The third-order valence-corrected chi connectivity index (χ3v) is 0.879. The van der Waals surface area contributed by atoms with E-state index in [4.69, 9.17) is 5.11 Å². The van der Waals surface area contributed by atoms with Crippen LogP contribution in [0.1, 0.15) is 0 Å². The Labute approximate surface area is 65.9 Å². The minimum Gasteiger partial charge on any atom is -0.509 e. The van der Waals surface area contributed by atoms with Crippen LogP contribution in [0.4, 0.5) is 0 Å². The van der Waals surface area contributed by atoms with Crippen LogP contribution in [0.3, 0.4) is 0 Å². The van der Waals surface area contributed by atoms with E-state index in [0.29, 0.717) is 11.9 Å². The summed E-state index contributed by atoms with van der Waals surface area (Å²) in [6.07, 6.45) is 6.48. The molecule has 0 aliphatic heterocycles. The molecule has 0 aromatic heterocycles. The molecule has 0 amide bonds. The van der Waals surface area contributed by atoms with E-state index >= 15 is 0 Å². The number of aldehydes is 1. The van der Waals surface area contributed by atoms with Crippen molar-refractivity contribution in [3.63, 3.8) is 0 Å². The Kier molecular flexibility index (Phi) is 4.49. The van der Waals surface area contributed by atoms with Crippen LogP contribution in [-0.4, -0.2) is 11.4 Å². The highest BCUT2D eigenvalue weighted by molar-refractivity contribution is 5.66. The van der Waals surface area contributed by atoms with Gasteiger partial charge in [0.1, 0.15) is 12.0 Å². The summed E-state index contributed by atoms with van der Waals surface area (Å²) in [4.78, 5) is 9.83. The van der Waals surface area contributed by atoms with Crippen molar-refractivity contribution in [2.24, 2.45) is 0 Å². The number of carbonyl (C=O) groups is 1. The molecule has 0 aliphatic carbocycles. The van der Waals surface area contributed by atoms with Gasteiger partial charge in [-0.3, -0.25) is 4.79 Å². The molecule has 2 heteroatoms. The maximum Gasteiger partial charge on any atom is 0.142 e. The molecule has 0 rings (SSSR count). The predicted molar refractivity (Wildman–Crippen MR) is 45.3 cm³/mol. The smallest absolute Gasteiger partial charge is 0.142 e. The second-order valence-electron chi connectivity index (χ2n) is 1.89. The van der Waals surface area contributed by atoms with Crippen LogP contribution < -0.4 is 0 Å². The number of aliphatic hydroxyl groups is 1. The lowest BCUT2D eigenvalue weighted by atomic mass is 10.2. The van der Waals surface area contributed by atoms with E-state index in [0.717, 1.165) is 0 Å². The Bertz CT molecular complexity index is 222. The Hall–Kier alpha value is -1.57. The summed E-state index contributed by atoms with van der Waals surface area (Å²) >= 11 is 0. The standard InChI is InChI=1S/C9H10O2/c1-8(4-3-7-10)5-6-9(2)11/h3-7,11H,1-2H2/b4-3+,6-5-. The van der Waals surface area contributed by atoms with E-state index < -0.39 is 0 Å². The molecule has 0 aromatic carbocycles. The first-order valence-electron chi connectivity index (χ1n) is 3.03. The van der Waals surface area contributed by atoms with Crippen LogP contribution in [0.25, 0.3) is 0 Å². The first-order valence-corrected chi connectivity index (χ1v) is 3.03. The van der Waals surface area contributed by atoms with Gasteiger partial charge < -0.3 is 5.11 Å². The maximum absolute atomic E-state index is 9.83. The van der Waals surface area contributed by atoms with Crippen molar-refractivity contribution in [3.05, 3.63) is 48.8 Å². The van der Waals surface area contributed by atoms with Crippen molar-refractivity contribution in [2.75, 3.05) is 0 Å². The summed E-state index contributed by atoms with van der Waals surface area (Å²) in [6, 6.07) is 0. The van der Waals surface area contributed by atoms with E-state index in [-0.39, 0.29) is 5.76 Å². The normalized spacial score (nSPS) is 10.5. The molecule has 1 N–H and O–H groups in total. The second kappa shape index (κ2) is 5.23. The highest BCUT2D eigenvalue weighted by Gasteiger charge is 1.79. The van der Waals surface area contributed by atoms with Gasteiger partial charge in [0.15, 0.2) is 0 Å². The van der Waals surface area contributed by atoms with E-state index in [1.807, 2.05) is 0 Å². The fourth-order valence-corrected chi connectivity index (χ4v) is 0.422. The van der Waals surface area contributed by atoms with Gasteiger partial charge in [0.25, 0.3) is 0 Å². The molecular formula is C9H10O2. The molecule has 0 bridgehead atoms. The zero-order valence-corrected chi connectivity index (χ0v) is 6.16. The third kappa shape index (κ3) is 6.31. The van der Waals surface area contributed by atoms with Crippen molar-refractivity contribution in [1.82, 2.24) is 0 Å². The second-order valence-corrected chi connectivity index (χ2v) is 1.89. The summed E-state index contributed by atoms with van der Waals surface area (Å²) in [5.41, 5.74) is 0.632. The summed E-state index contributed by atoms with van der Waals surface area (Å²) in [5.74, 6) is -0.0364. The predicted octanol–water partition coefficient (Wildman–Crippen LogP) is 1.93. The summed E-state index contributed by atoms with van der Waals surface area (Å²) in [5, 5.41) is 8.61. The van der Waals surface area contributed by atoms with Crippen molar-refractivity contribution in [2.45, 2.75) is 0 Å². The van der Waals surface area contributed by atoms with Crippen LogP contribution >= 0.6 is 0 Å². The molecule has 0 saturated carbocycles. The van der Waals surface area contributed by atoms with Gasteiger partial charge in [-0.25, -0.2) is 0 Å². The van der Waals surface area contributed by atoms with E-state index in [1.165, 1.54) is 18.2 Å². The van der Waals surface area contributed by atoms with Gasteiger partial charge in [0.2, 0.25) is 0 Å². The lowest BCUT2D eigenvalue weighted by molar-refractivity contribution is -0.104. The van der Waals surface area contributed by atoms with Crippen molar-refractivity contribution >= 4 is 6.29 Å². The molecule has 0 saturated heterocycles. The Morgan fingerprint density at radius 2 is 1.82 bits per heavy atom. The Balaban J connectivity index is 3.97. The monoisotopic (exact) mass is 150 g/mol. The van der Waals surface area contributed by atoms with Gasteiger partial charge in [-0.1, -0.05) is 25.3 Å². The zero-order valence-electron chi connectivity index (χ0n) is 6.16. The molecule has 0 unspecified atom stereocenters. The van der Waals surface area contributed by atoms with Crippen molar-refractivity contribution < 1.29 is 9.90 Å². The molecule has 0 atom stereocenters. The minimum atomic E-state index is -0.0364. The number of allylic oxidation sites excluding steroid dienone is 5. The van der Waals surface area contributed by atoms with Gasteiger partial charge in [0, 0.05) is 0 Å². The zero-order chi connectivity index (χ0) is 8.69. The topological polar surface area (TPSA) is 37.3 Å². The molecule has 0 heterocycles. The summed E-state index contributed by atoms with van der Waals surface area (Å²) in [7, 11) is 0. The number of carbonyl (C=O) groups excluding carboxylic acids is 1. The SMILES string of the molecule is C=C(O)/C=C\C(=C)/C=C/C=O. The van der Waals surface area contributed by atoms with Crippen molar-refractivity contribution in [3.8, 4) is 0 Å². The molecule has 0 aliphatic rings. The number of rotatable bonds is 4. The van der Waals surface area contributed by atoms with Crippen LogP contribution in [0, 0.1) is 0 Å². The lowest BCUT2D eigenvalue weighted by Gasteiger charge is -1.86. The average molecular weight is 150 g/mol. The molecule has 0 fully saturated rings. The minimum absolute atomic E-state index is 0.0364. The molecule has 0 aromatic rings. The van der Waals surface area contributed by atoms with E-state index in [1.54, 1.807) is 6.08 Å². The largest absolute Gasteiger partial charge is 0.509 e. The molecule has 0 radical (unpaired) electrons. The number of hydrogen-bond donors (Lipinski definition) is 1. The van der Waals surface area contributed by atoms with Crippen molar-refractivity contribution in [1.29, 1.82) is 0 Å². The van der Waals surface area contributed by atoms with Gasteiger partial charge in [-0.05, 0) is 17.7 Å². The summed E-state index contributed by atoms with van der Waals surface area (Å²) < 4.78 is 0. The van der Waals surface area contributed by atoms with E-state index in [9.17, 15) is 4.79 Å². The van der Waals surface area contributed by atoms with Gasteiger partial charge in [-0.15, -0.1) is 0 Å². The van der Waals surface area contributed by atoms with Crippen LogP contribution in [0.2, 0.25) is 0 Å². The Morgan fingerprint density at radius 1 is 1.18 bits per heavy atom. The molecule has 2 nitrogen and oxygen atoms in total. The highest BCUT2D eigenvalue weighted by atomic mass is 16.3. The first-order chi connectivity index (χ1) is 5.16. The third-order valence-electron chi connectivity index (χ3n) is 0.879. The molecule has 11 heavy (non-hydrogen) atoms. The van der Waals surface area contributed by atoms with E-state index in [2.05, 4.69) is 13.2 Å². The lowest BCUT2D eigenvalue weighted by Crippen LogP contribution is -1.71. The number of aliphatic hydroxyl groups excluding tert-OH is 1. The maximum atomic E-state index is 9.83. The quantitative estimate of drug-likeness (QED) is 0.288. The average Bonchev–Trinajstić information content (AvgIpc) is 1.97. The highest BCUT2D eigenvalue weighted by Crippen LogP contribution is 1.96. The first kappa shape index (κ1) is 9.43. The fraction of sp³-hybridized carbons (Fsp3) is 0. The number of hydrogen-bond acceptors (Lipinski definition) is 2. The van der Waals surface area contributed by atoms with Crippen LogP contribution in [-0.2, 0) is 4.79 Å². The van der Waals surface area contributed by atoms with Gasteiger partial charge >= 0.3 is 0 Å². The van der Waals surface area contributed by atoms with Gasteiger partial charge in [-0.2, -0.15) is 0 Å². The molecule has 0 spiro atoms. The summed E-state index contributed by atoms with van der Waals surface area (Å²) in [6.45, 7) is 6.82.